The van der Waals surface area contributed by atoms with Crippen molar-refractivity contribution in [2.75, 3.05) is 19.6 Å². The highest BCUT2D eigenvalue weighted by Crippen LogP contribution is 2.43. The number of carbonyl (C=O) groups is 2. The van der Waals surface area contributed by atoms with Crippen molar-refractivity contribution in [1.82, 2.24) is 10.2 Å². The quantitative estimate of drug-likeness (QED) is 0.610. The number of carboxylic acid groups (broad SMARTS) is 1. The Morgan fingerprint density at radius 2 is 1.81 bits per heavy atom. The smallest absolute Gasteiger partial charge is 0.416 e. The minimum absolute atomic E-state index is 0.0204. The molecule has 1 saturated heterocycles. The normalized spacial score (nSPS) is 17.0. The molecule has 0 unspecified atom stereocenters. The van der Waals surface area contributed by atoms with Crippen molar-refractivity contribution in [3.05, 3.63) is 35.4 Å². The Bertz CT molecular complexity index is 656. The summed E-state index contributed by atoms with van der Waals surface area (Å²) in [5, 5.41) is 11.1. The molecule has 0 spiro atoms. The van der Waals surface area contributed by atoms with Crippen LogP contribution in [0.3, 0.4) is 0 Å². The molecule has 0 aliphatic carbocycles. The zero-order valence-electron chi connectivity index (χ0n) is 14.0. The highest BCUT2D eigenvalue weighted by molar-refractivity contribution is 5.74. The number of benzene rings is 1. The Hall–Kier alpha value is -2.32. The van der Waals surface area contributed by atoms with Crippen LogP contribution in [-0.2, 0) is 16.6 Å². The van der Waals surface area contributed by atoms with Crippen LogP contribution in [0.5, 0.6) is 0 Å². The van der Waals surface area contributed by atoms with Crippen molar-refractivity contribution in [1.29, 1.82) is 0 Å². The molecule has 26 heavy (non-hydrogen) atoms. The molecule has 1 aliphatic rings. The molecule has 1 aromatic rings. The summed E-state index contributed by atoms with van der Waals surface area (Å²) in [6.45, 7) is 0.125. The molecule has 1 aliphatic heterocycles. The first-order valence-corrected chi connectivity index (χ1v) is 8.24. The van der Waals surface area contributed by atoms with Crippen LogP contribution >= 0.6 is 0 Å². The molecule has 0 radical (unpaired) electrons. The minimum atomic E-state index is -4.64. The Morgan fingerprint density at radius 1 is 1.19 bits per heavy atom. The van der Waals surface area contributed by atoms with Crippen molar-refractivity contribution in [3.8, 4) is 0 Å². The number of aliphatic carboxylic acids is 1. The van der Waals surface area contributed by atoms with Gasteiger partial charge in [0, 0.05) is 44.5 Å². The fraction of sp³-hybridized carbons (Fsp3) is 0.529. The van der Waals surface area contributed by atoms with Crippen LogP contribution in [0.15, 0.2) is 24.3 Å². The molecule has 2 amide bonds. The highest BCUT2D eigenvalue weighted by Gasteiger charge is 2.44. The number of carboxylic acids is 1. The maximum atomic E-state index is 15.2. The average molecular weight is 376 g/mol. The summed E-state index contributed by atoms with van der Waals surface area (Å²) in [7, 11) is 0. The van der Waals surface area contributed by atoms with Crippen LogP contribution in [0.1, 0.15) is 36.8 Å². The van der Waals surface area contributed by atoms with Crippen LogP contribution in [0.4, 0.5) is 22.4 Å². The second-order valence-electron chi connectivity index (χ2n) is 6.22. The first kappa shape index (κ1) is 20.0. The Balaban J connectivity index is 1.97. The lowest BCUT2D eigenvalue weighted by Crippen LogP contribution is -2.48. The summed E-state index contributed by atoms with van der Waals surface area (Å²) in [5.74, 6) is -0.970. The number of hydrogen-bond acceptors (Lipinski definition) is 2. The molecule has 0 atom stereocenters. The SMILES string of the molecule is O=C(O)CCCNC(=O)N1CCC(F)(c2ccccc2C(F)(F)F)CC1. The van der Waals surface area contributed by atoms with Crippen molar-refractivity contribution in [2.24, 2.45) is 0 Å². The Labute approximate surface area is 148 Å². The summed E-state index contributed by atoms with van der Waals surface area (Å²) in [4.78, 5) is 23.7. The first-order valence-electron chi connectivity index (χ1n) is 8.24. The lowest BCUT2D eigenvalue weighted by molar-refractivity contribution is -0.140. The van der Waals surface area contributed by atoms with Gasteiger partial charge < -0.3 is 15.3 Å². The van der Waals surface area contributed by atoms with E-state index in [1.807, 2.05) is 0 Å². The van der Waals surface area contributed by atoms with E-state index in [9.17, 15) is 22.8 Å². The third-order valence-electron chi connectivity index (χ3n) is 4.40. The van der Waals surface area contributed by atoms with Gasteiger partial charge in [0.25, 0.3) is 0 Å². The van der Waals surface area contributed by atoms with E-state index < -0.39 is 35.0 Å². The van der Waals surface area contributed by atoms with Crippen LogP contribution in [0.2, 0.25) is 0 Å². The summed E-state index contributed by atoms with van der Waals surface area (Å²) < 4.78 is 54.6. The summed E-state index contributed by atoms with van der Waals surface area (Å²) in [6, 6.07) is 4.12. The number of nitrogens with one attached hydrogen (secondary N) is 1. The maximum Gasteiger partial charge on any atom is 0.416 e. The maximum absolute atomic E-state index is 15.2. The standard InChI is InChI=1S/C17H20F4N2O3/c18-16(12-4-1-2-5-13(12)17(19,20)21)7-10-23(11-8-16)15(26)22-9-3-6-14(24)25/h1-2,4-5H,3,6-11H2,(H,22,26)(H,24,25). The molecule has 2 rings (SSSR count). The molecular formula is C17H20F4N2O3. The molecule has 0 bridgehead atoms. The van der Waals surface area contributed by atoms with E-state index in [0.717, 1.165) is 12.1 Å². The summed E-state index contributed by atoms with van der Waals surface area (Å²) >= 11 is 0. The van der Waals surface area contributed by atoms with E-state index in [2.05, 4.69) is 5.32 Å². The number of rotatable bonds is 5. The second-order valence-corrected chi connectivity index (χ2v) is 6.22. The number of urea groups is 1. The van der Waals surface area contributed by atoms with Gasteiger partial charge in [0.1, 0.15) is 5.67 Å². The fourth-order valence-electron chi connectivity index (χ4n) is 3.00. The molecule has 0 saturated carbocycles. The van der Waals surface area contributed by atoms with Crippen molar-refractivity contribution < 1.29 is 32.3 Å². The number of hydrogen-bond donors (Lipinski definition) is 2. The van der Waals surface area contributed by atoms with Gasteiger partial charge in [0.2, 0.25) is 0 Å². The molecule has 9 heteroatoms. The molecule has 5 nitrogen and oxygen atoms in total. The number of alkyl halides is 4. The van der Waals surface area contributed by atoms with Crippen LogP contribution in [0, 0.1) is 0 Å². The number of carbonyl (C=O) groups excluding carboxylic acids is 1. The topological polar surface area (TPSA) is 69.6 Å². The molecule has 1 heterocycles. The van der Waals surface area contributed by atoms with Crippen LogP contribution in [0.25, 0.3) is 0 Å². The van der Waals surface area contributed by atoms with Crippen molar-refractivity contribution >= 4 is 12.0 Å². The third-order valence-corrected chi connectivity index (χ3v) is 4.40. The molecule has 2 N–H and O–H groups in total. The van der Waals surface area contributed by atoms with Gasteiger partial charge in [0.05, 0.1) is 5.56 Å². The molecule has 1 aromatic carbocycles. The number of likely N-dealkylation sites (tertiary alicyclic amines) is 1. The highest BCUT2D eigenvalue weighted by atomic mass is 19.4. The van der Waals surface area contributed by atoms with Gasteiger partial charge in [0.15, 0.2) is 0 Å². The van der Waals surface area contributed by atoms with E-state index in [0.29, 0.717) is 0 Å². The van der Waals surface area contributed by atoms with Crippen LogP contribution < -0.4 is 5.32 Å². The molecule has 1 fully saturated rings. The van der Waals surface area contributed by atoms with Gasteiger partial charge in [-0.1, -0.05) is 18.2 Å². The zero-order chi connectivity index (χ0) is 19.4. The Kier molecular flexibility index (Phi) is 6.09. The van der Waals surface area contributed by atoms with Gasteiger partial charge in [-0.3, -0.25) is 4.79 Å². The lowest BCUT2D eigenvalue weighted by Gasteiger charge is -2.37. The van der Waals surface area contributed by atoms with Gasteiger partial charge in [-0.2, -0.15) is 13.2 Å². The summed E-state index contributed by atoms with van der Waals surface area (Å²) in [5.41, 5.74) is -3.53. The van der Waals surface area contributed by atoms with Gasteiger partial charge in [-0.25, -0.2) is 9.18 Å². The van der Waals surface area contributed by atoms with Gasteiger partial charge >= 0.3 is 18.2 Å². The first-order chi connectivity index (χ1) is 12.1. The monoisotopic (exact) mass is 376 g/mol. The van der Waals surface area contributed by atoms with Gasteiger partial charge in [-0.05, 0) is 12.5 Å². The summed E-state index contributed by atoms with van der Waals surface area (Å²) in [6.07, 6.45) is -4.93. The lowest BCUT2D eigenvalue weighted by atomic mass is 9.83. The average Bonchev–Trinajstić information content (AvgIpc) is 2.58. The number of nitrogens with zero attached hydrogens (tertiary/aromatic N) is 1. The van der Waals surface area contributed by atoms with E-state index in [-0.39, 0.29) is 45.3 Å². The third kappa shape index (κ3) is 4.86. The van der Waals surface area contributed by atoms with Crippen molar-refractivity contribution in [3.63, 3.8) is 0 Å². The Morgan fingerprint density at radius 3 is 2.38 bits per heavy atom. The minimum Gasteiger partial charge on any atom is -0.481 e. The van der Waals surface area contributed by atoms with E-state index in [4.69, 9.17) is 5.11 Å². The van der Waals surface area contributed by atoms with Gasteiger partial charge in [-0.15, -0.1) is 0 Å². The van der Waals surface area contributed by atoms with E-state index in [1.54, 1.807) is 0 Å². The predicted molar refractivity (Wildman–Crippen MR) is 85.3 cm³/mol. The van der Waals surface area contributed by atoms with Crippen molar-refractivity contribution in [2.45, 2.75) is 37.5 Å². The predicted octanol–water partition coefficient (Wildman–Crippen LogP) is 3.54. The number of amides is 2. The number of piperidine rings is 1. The van der Waals surface area contributed by atoms with E-state index >= 15 is 4.39 Å². The van der Waals surface area contributed by atoms with Crippen LogP contribution in [-0.4, -0.2) is 41.6 Å². The zero-order valence-corrected chi connectivity index (χ0v) is 14.0. The number of halogens is 4. The molecule has 144 valence electrons. The molecule has 0 aromatic heterocycles. The van der Waals surface area contributed by atoms with E-state index in [1.165, 1.54) is 17.0 Å². The molecular weight excluding hydrogens is 356 g/mol. The second kappa shape index (κ2) is 7.92. The fourth-order valence-corrected chi connectivity index (χ4v) is 3.00. The largest absolute Gasteiger partial charge is 0.481 e.